The quantitative estimate of drug-likeness (QED) is 0.436. The number of hydrogen-bond acceptors (Lipinski definition) is 2. The Morgan fingerprint density at radius 1 is 1.41 bits per heavy atom. The molecule has 0 aliphatic heterocycles. The van der Waals surface area contributed by atoms with E-state index < -0.39 is 0 Å². The number of hydrogen-bond donors (Lipinski definition) is 3. The van der Waals surface area contributed by atoms with Crippen LogP contribution in [0.2, 0.25) is 5.02 Å². The Bertz CT molecular complexity index is 385. The molecule has 0 aromatic heterocycles. The zero-order valence-electron chi connectivity index (χ0n) is 9.79. The number of phenols is 1. The van der Waals surface area contributed by atoms with Crippen molar-refractivity contribution >= 4 is 34.6 Å². The van der Waals surface area contributed by atoms with Crippen molar-refractivity contribution in [1.29, 1.82) is 0 Å². The van der Waals surface area contributed by atoms with E-state index in [2.05, 4.69) is 17.6 Å². The highest BCUT2D eigenvalue weighted by Gasteiger charge is 2.01. The molecule has 94 valence electrons. The monoisotopic (exact) mass is 272 g/mol. The number of unbranched alkanes of at least 4 members (excludes halogenated alkanes) is 2. The molecule has 1 rings (SSSR count). The normalized spacial score (nSPS) is 10.0. The summed E-state index contributed by atoms with van der Waals surface area (Å²) in [6, 6.07) is 4.89. The van der Waals surface area contributed by atoms with Crippen molar-refractivity contribution in [3.63, 3.8) is 0 Å². The first-order valence-electron chi connectivity index (χ1n) is 5.67. The summed E-state index contributed by atoms with van der Waals surface area (Å²) in [7, 11) is 0. The Morgan fingerprint density at radius 3 is 2.82 bits per heavy atom. The average Bonchev–Trinajstić information content (AvgIpc) is 2.30. The van der Waals surface area contributed by atoms with E-state index >= 15 is 0 Å². The van der Waals surface area contributed by atoms with Gasteiger partial charge in [0.15, 0.2) is 5.11 Å². The molecular weight excluding hydrogens is 256 g/mol. The summed E-state index contributed by atoms with van der Waals surface area (Å²) in [5.41, 5.74) is 0.765. The summed E-state index contributed by atoms with van der Waals surface area (Å²) in [6.07, 6.45) is 3.49. The van der Waals surface area contributed by atoms with Crippen LogP contribution in [0, 0.1) is 0 Å². The highest BCUT2D eigenvalue weighted by atomic mass is 35.5. The molecule has 0 amide bonds. The molecule has 1 aromatic rings. The lowest BCUT2D eigenvalue weighted by Crippen LogP contribution is -2.29. The fourth-order valence-corrected chi connectivity index (χ4v) is 1.74. The van der Waals surface area contributed by atoms with Crippen LogP contribution < -0.4 is 10.6 Å². The van der Waals surface area contributed by atoms with E-state index in [9.17, 15) is 5.11 Å². The lowest BCUT2D eigenvalue weighted by Gasteiger charge is -2.10. The standard InChI is InChI=1S/C12H17ClN2OS/c1-2-3-4-7-14-12(17)15-9-5-6-11(16)10(13)8-9/h5-6,8,16H,2-4,7H2,1H3,(H2,14,15,17). The molecular formula is C12H17ClN2OS. The lowest BCUT2D eigenvalue weighted by atomic mass is 10.2. The van der Waals surface area contributed by atoms with Gasteiger partial charge in [-0.25, -0.2) is 0 Å². The van der Waals surface area contributed by atoms with Gasteiger partial charge >= 0.3 is 0 Å². The maximum Gasteiger partial charge on any atom is 0.170 e. The Labute approximate surface area is 112 Å². The van der Waals surface area contributed by atoms with E-state index in [1.807, 2.05) is 0 Å². The van der Waals surface area contributed by atoms with Gasteiger partial charge in [0.2, 0.25) is 0 Å². The van der Waals surface area contributed by atoms with Crippen LogP contribution in [-0.4, -0.2) is 16.8 Å². The molecule has 0 radical (unpaired) electrons. The van der Waals surface area contributed by atoms with Gasteiger partial charge in [0.1, 0.15) is 5.75 Å². The van der Waals surface area contributed by atoms with Crippen molar-refractivity contribution in [2.75, 3.05) is 11.9 Å². The maximum atomic E-state index is 9.27. The van der Waals surface area contributed by atoms with Gasteiger partial charge in [-0.2, -0.15) is 0 Å². The van der Waals surface area contributed by atoms with E-state index in [4.69, 9.17) is 23.8 Å². The van der Waals surface area contributed by atoms with Crippen LogP contribution in [-0.2, 0) is 0 Å². The molecule has 0 aliphatic rings. The highest BCUT2D eigenvalue weighted by Crippen LogP contribution is 2.25. The number of halogens is 1. The van der Waals surface area contributed by atoms with E-state index in [1.165, 1.54) is 18.9 Å². The van der Waals surface area contributed by atoms with Crippen molar-refractivity contribution in [2.45, 2.75) is 26.2 Å². The molecule has 17 heavy (non-hydrogen) atoms. The molecule has 1 aromatic carbocycles. The molecule has 3 N–H and O–H groups in total. The summed E-state index contributed by atoms with van der Waals surface area (Å²) < 4.78 is 0. The molecule has 0 fully saturated rings. The Kier molecular flexibility index (Phi) is 6.08. The van der Waals surface area contributed by atoms with Crippen LogP contribution in [0.3, 0.4) is 0 Å². The summed E-state index contributed by atoms with van der Waals surface area (Å²) in [5.74, 6) is 0.0686. The van der Waals surface area contributed by atoms with Gasteiger partial charge in [0, 0.05) is 12.2 Å². The SMILES string of the molecule is CCCCCNC(=S)Nc1ccc(O)c(Cl)c1. The van der Waals surface area contributed by atoms with Crippen LogP contribution in [0.1, 0.15) is 26.2 Å². The summed E-state index contributed by atoms with van der Waals surface area (Å²) in [4.78, 5) is 0. The molecule has 0 bridgehead atoms. The molecule has 0 saturated carbocycles. The van der Waals surface area contributed by atoms with Crippen LogP contribution in [0.5, 0.6) is 5.75 Å². The van der Waals surface area contributed by atoms with Crippen molar-refractivity contribution < 1.29 is 5.11 Å². The summed E-state index contributed by atoms with van der Waals surface area (Å²) >= 11 is 10.9. The smallest absolute Gasteiger partial charge is 0.170 e. The molecule has 5 heteroatoms. The molecule has 0 atom stereocenters. The number of anilines is 1. The molecule has 3 nitrogen and oxygen atoms in total. The van der Waals surface area contributed by atoms with Gasteiger partial charge < -0.3 is 15.7 Å². The third-order valence-electron chi connectivity index (χ3n) is 2.27. The van der Waals surface area contributed by atoms with Crippen LogP contribution in [0.25, 0.3) is 0 Å². The topological polar surface area (TPSA) is 44.3 Å². The number of aromatic hydroxyl groups is 1. The average molecular weight is 273 g/mol. The first kappa shape index (κ1) is 14.1. The highest BCUT2D eigenvalue weighted by molar-refractivity contribution is 7.80. The van der Waals surface area contributed by atoms with Gasteiger partial charge in [-0.3, -0.25) is 0 Å². The number of phenolic OH excluding ortho intramolecular Hbond substituents is 1. The van der Waals surface area contributed by atoms with E-state index in [0.29, 0.717) is 10.1 Å². The van der Waals surface area contributed by atoms with Gasteiger partial charge in [-0.15, -0.1) is 0 Å². The number of benzene rings is 1. The minimum absolute atomic E-state index is 0.0686. The molecule has 0 aliphatic carbocycles. The van der Waals surface area contributed by atoms with Gasteiger partial charge in [0.25, 0.3) is 0 Å². The lowest BCUT2D eigenvalue weighted by molar-refractivity contribution is 0.475. The number of thiocarbonyl (C=S) groups is 1. The largest absolute Gasteiger partial charge is 0.506 e. The molecule has 0 heterocycles. The van der Waals surface area contributed by atoms with Crippen molar-refractivity contribution in [2.24, 2.45) is 0 Å². The van der Waals surface area contributed by atoms with Crippen molar-refractivity contribution in [3.05, 3.63) is 23.2 Å². The second-order valence-electron chi connectivity index (χ2n) is 3.75. The Balaban J connectivity index is 2.37. The summed E-state index contributed by atoms with van der Waals surface area (Å²) in [6.45, 7) is 3.03. The van der Waals surface area contributed by atoms with Crippen LogP contribution >= 0.6 is 23.8 Å². The molecule has 0 unspecified atom stereocenters. The fourth-order valence-electron chi connectivity index (χ4n) is 1.34. The minimum Gasteiger partial charge on any atom is -0.506 e. The molecule has 0 saturated heterocycles. The third-order valence-corrected chi connectivity index (χ3v) is 2.82. The van der Waals surface area contributed by atoms with Gasteiger partial charge in [-0.05, 0) is 36.8 Å². The van der Waals surface area contributed by atoms with E-state index in [0.717, 1.165) is 18.7 Å². The third kappa shape index (κ3) is 5.24. The Morgan fingerprint density at radius 2 is 2.18 bits per heavy atom. The zero-order valence-corrected chi connectivity index (χ0v) is 11.4. The number of nitrogens with one attached hydrogen (secondary N) is 2. The van der Waals surface area contributed by atoms with Crippen molar-refractivity contribution in [1.82, 2.24) is 5.32 Å². The summed E-state index contributed by atoms with van der Waals surface area (Å²) in [5, 5.41) is 16.3. The first-order chi connectivity index (χ1) is 8.13. The zero-order chi connectivity index (χ0) is 12.7. The second-order valence-corrected chi connectivity index (χ2v) is 4.57. The van der Waals surface area contributed by atoms with Crippen LogP contribution in [0.4, 0.5) is 5.69 Å². The Hall–Kier alpha value is -1.00. The van der Waals surface area contributed by atoms with Gasteiger partial charge in [0.05, 0.1) is 5.02 Å². The van der Waals surface area contributed by atoms with E-state index in [-0.39, 0.29) is 5.75 Å². The predicted molar refractivity (Wildman–Crippen MR) is 76.9 cm³/mol. The fraction of sp³-hybridized carbons (Fsp3) is 0.417. The number of rotatable bonds is 5. The van der Waals surface area contributed by atoms with E-state index in [1.54, 1.807) is 12.1 Å². The van der Waals surface area contributed by atoms with Crippen LogP contribution in [0.15, 0.2) is 18.2 Å². The first-order valence-corrected chi connectivity index (χ1v) is 6.45. The maximum absolute atomic E-state index is 9.27. The van der Waals surface area contributed by atoms with Gasteiger partial charge in [-0.1, -0.05) is 31.4 Å². The second kappa shape index (κ2) is 7.35. The molecule has 0 spiro atoms. The van der Waals surface area contributed by atoms with Crippen molar-refractivity contribution in [3.8, 4) is 5.75 Å². The minimum atomic E-state index is 0.0686. The predicted octanol–water partition coefficient (Wildman–Crippen LogP) is 3.52.